The van der Waals surface area contributed by atoms with E-state index >= 15 is 0 Å². The van der Waals surface area contributed by atoms with Gasteiger partial charge in [0, 0.05) is 10.9 Å². The van der Waals surface area contributed by atoms with Crippen LogP contribution < -0.4 is 0 Å². The van der Waals surface area contributed by atoms with Gasteiger partial charge in [0.15, 0.2) is 0 Å². The minimum absolute atomic E-state index is 0.393. The number of ether oxygens (including phenoxy) is 1. The van der Waals surface area contributed by atoms with Crippen molar-refractivity contribution in [3.05, 3.63) is 89.6 Å². The van der Waals surface area contributed by atoms with Gasteiger partial charge in [0.2, 0.25) is 0 Å². The number of carbonyl (C=O) groups excluding carboxylic acids is 1. The monoisotopic (exact) mass is 380 g/mol. The summed E-state index contributed by atoms with van der Waals surface area (Å²) in [6.45, 7) is 2.33. The zero-order chi connectivity index (χ0) is 20.2. The van der Waals surface area contributed by atoms with Crippen LogP contribution in [0.2, 0.25) is 0 Å². The molecule has 4 aromatic rings. The molecule has 1 aromatic heterocycles. The first-order valence-electron chi connectivity index (χ1n) is 9.34. The smallest absolute Gasteiger partial charge is 0.340 e. The van der Waals surface area contributed by atoms with Crippen molar-refractivity contribution in [1.29, 1.82) is 0 Å². The summed E-state index contributed by atoms with van der Waals surface area (Å²) in [5.74, 6) is 5.48. The molecule has 0 aliphatic carbocycles. The van der Waals surface area contributed by atoms with E-state index in [1.165, 1.54) is 12.7 Å². The van der Waals surface area contributed by atoms with E-state index in [9.17, 15) is 4.79 Å². The minimum atomic E-state index is -0.393. The van der Waals surface area contributed by atoms with Crippen LogP contribution in [0.25, 0.3) is 22.0 Å². The van der Waals surface area contributed by atoms with E-state index in [2.05, 4.69) is 53.3 Å². The van der Waals surface area contributed by atoms with Crippen LogP contribution >= 0.6 is 0 Å². The number of aromatic nitrogens is 2. The lowest BCUT2D eigenvalue weighted by atomic mass is 10.0. The number of methoxy groups -OCH3 is 1. The van der Waals surface area contributed by atoms with Crippen molar-refractivity contribution < 1.29 is 9.53 Å². The fourth-order valence-corrected chi connectivity index (χ4v) is 3.44. The predicted molar refractivity (Wildman–Crippen MR) is 115 cm³/mol. The van der Waals surface area contributed by atoms with Gasteiger partial charge < -0.3 is 4.74 Å². The standard InChI is InChI=1S/C25H20N2O2/c1-3-7-19-14-22-16-26-27(24(22)23(15-19)25(28)29-2)17-18-10-12-21(13-11-18)20-8-5-4-6-9-20/h4-6,8-16H,17H2,1-2H3. The topological polar surface area (TPSA) is 44.1 Å². The van der Waals surface area contributed by atoms with E-state index in [0.29, 0.717) is 12.1 Å². The third-order valence-corrected chi connectivity index (χ3v) is 4.80. The first-order valence-corrected chi connectivity index (χ1v) is 9.34. The summed E-state index contributed by atoms with van der Waals surface area (Å²) >= 11 is 0. The van der Waals surface area contributed by atoms with Crippen molar-refractivity contribution >= 4 is 16.9 Å². The number of hydrogen-bond donors (Lipinski definition) is 0. The molecule has 4 nitrogen and oxygen atoms in total. The second-order valence-corrected chi connectivity index (χ2v) is 6.69. The number of benzene rings is 3. The third kappa shape index (κ3) is 3.76. The molecular formula is C25H20N2O2. The lowest BCUT2D eigenvalue weighted by molar-refractivity contribution is 0.0602. The molecule has 0 aliphatic heterocycles. The van der Waals surface area contributed by atoms with Crippen molar-refractivity contribution in [1.82, 2.24) is 9.78 Å². The third-order valence-electron chi connectivity index (χ3n) is 4.80. The molecule has 4 rings (SSSR count). The molecule has 3 aromatic carbocycles. The van der Waals surface area contributed by atoms with Crippen molar-refractivity contribution in [2.45, 2.75) is 13.5 Å². The van der Waals surface area contributed by atoms with E-state index in [0.717, 1.165) is 27.6 Å². The molecule has 0 atom stereocenters. The Kier molecular flexibility index (Phi) is 5.13. The van der Waals surface area contributed by atoms with Gasteiger partial charge in [0.05, 0.1) is 30.9 Å². The van der Waals surface area contributed by atoms with Crippen LogP contribution in [0.15, 0.2) is 72.9 Å². The Balaban J connectivity index is 1.71. The molecule has 29 heavy (non-hydrogen) atoms. The lowest BCUT2D eigenvalue weighted by Gasteiger charge is -2.09. The first-order chi connectivity index (χ1) is 14.2. The Morgan fingerprint density at radius 2 is 1.76 bits per heavy atom. The Bertz CT molecular complexity index is 1230. The fraction of sp³-hybridized carbons (Fsp3) is 0.120. The SMILES string of the molecule is CC#Cc1cc(C(=O)OC)c2c(cnn2Cc2ccc(-c3ccccc3)cc2)c1. The molecule has 0 aliphatic rings. The van der Waals surface area contributed by atoms with Crippen LogP contribution in [0, 0.1) is 11.8 Å². The predicted octanol–water partition coefficient (Wildman–Crippen LogP) is 4.91. The molecule has 4 heteroatoms. The van der Waals surface area contributed by atoms with Crippen LogP contribution in [0.1, 0.15) is 28.4 Å². The number of nitrogens with zero attached hydrogens (tertiary/aromatic N) is 2. The Morgan fingerprint density at radius 3 is 2.45 bits per heavy atom. The Labute approximate surface area is 169 Å². The highest BCUT2D eigenvalue weighted by Gasteiger charge is 2.17. The molecule has 0 saturated heterocycles. The van der Waals surface area contributed by atoms with E-state index in [-0.39, 0.29) is 0 Å². The quantitative estimate of drug-likeness (QED) is 0.373. The van der Waals surface area contributed by atoms with Crippen molar-refractivity contribution in [3.8, 4) is 23.0 Å². The number of hydrogen-bond acceptors (Lipinski definition) is 3. The van der Waals surface area contributed by atoms with Crippen LogP contribution in [0.3, 0.4) is 0 Å². The van der Waals surface area contributed by atoms with Crippen LogP contribution in [0.4, 0.5) is 0 Å². The van der Waals surface area contributed by atoms with Crippen molar-refractivity contribution in [2.24, 2.45) is 0 Å². The zero-order valence-electron chi connectivity index (χ0n) is 16.3. The summed E-state index contributed by atoms with van der Waals surface area (Å²) in [6, 6.07) is 22.4. The maximum Gasteiger partial charge on any atom is 0.340 e. The first kappa shape index (κ1) is 18.5. The van der Waals surface area contributed by atoms with Crippen LogP contribution in [0.5, 0.6) is 0 Å². The largest absolute Gasteiger partial charge is 0.465 e. The summed E-state index contributed by atoms with van der Waals surface area (Å²) in [5, 5.41) is 5.38. The van der Waals surface area contributed by atoms with E-state index < -0.39 is 5.97 Å². The molecule has 0 radical (unpaired) electrons. The van der Waals surface area contributed by atoms with Crippen LogP contribution in [-0.4, -0.2) is 22.9 Å². The van der Waals surface area contributed by atoms with E-state index in [4.69, 9.17) is 4.74 Å². The number of carbonyl (C=O) groups is 1. The summed E-state index contributed by atoms with van der Waals surface area (Å²) in [4.78, 5) is 12.4. The summed E-state index contributed by atoms with van der Waals surface area (Å²) < 4.78 is 6.82. The second-order valence-electron chi connectivity index (χ2n) is 6.69. The second kappa shape index (κ2) is 8.04. The number of rotatable bonds is 4. The molecule has 1 heterocycles. The minimum Gasteiger partial charge on any atom is -0.465 e. The number of esters is 1. The highest BCUT2D eigenvalue weighted by molar-refractivity contribution is 6.03. The molecule has 0 unspecified atom stereocenters. The van der Waals surface area contributed by atoms with Gasteiger partial charge in [0.1, 0.15) is 0 Å². The van der Waals surface area contributed by atoms with Crippen molar-refractivity contribution in [3.63, 3.8) is 0 Å². The van der Waals surface area contributed by atoms with Gasteiger partial charge >= 0.3 is 5.97 Å². The molecule has 0 fully saturated rings. The maximum absolute atomic E-state index is 12.4. The van der Waals surface area contributed by atoms with Gasteiger partial charge in [-0.3, -0.25) is 4.68 Å². The molecule has 0 saturated carbocycles. The lowest BCUT2D eigenvalue weighted by Crippen LogP contribution is -2.08. The average Bonchev–Trinajstić information content (AvgIpc) is 3.16. The highest BCUT2D eigenvalue weighted by atomic mass is 16.5. The average molecular weight is 380 g/mol. The van der Waals surface area contributed by atoms with Gasteiger partial charge in [-0.1, -0.05) is 60.5 Å². The molecule has 0 spiro atoms. The van der Waals surface area contributed by atoms with E-state index in [1.54, 1.807) is 19.2 Å². The van der Waals surface area contributed by atoms with E-state index in [1.807, 2.05) is 28.9 Å². The Hall–Kier alpha value is -3.84. The number of fused-ring (bicyclic) bond motifs is 1. The van der Waals surface area contributed by atoms with Crippen LogP contribution in [-0.2, 0) is 11.3 Å². The molecule has 0 bridgehead atoms. The molecule has 0 N–H and O–H groups in total. The Morgan fingerprint density at radius 1 is 1.03 bits per heavy atom. The van der Waals surface area contributed by atoms with Crippen molar-refractivity contribution in [2.75, 3.05) is 7.11 Å². The molecule has 142 valence electrons. The maximum atomic E-state index is 12.4. The van der Waals surface area contributed by atoms with Gasteiger partial charge in [0.25, 0.3) is 0 Å². The molecular weight excluding hydrogens is 360 g/mol. The summed E-state index contributed by atoms with van der Waals surface area (Å²) in [6.07, 6.45) is 1.76. The fourth-order valence-electron chi connectivity index (χ4n) is 3.44. The highest BCUT2D eigenvalue weighted by Crippen LogP contribution is 2.24. The molecule has 0 amide bonds. The van der Waals surface area contributed by atoms with Gasteiger partial charge in [-0.2, -0.15) is 5.10 Å². The summed E-state index contributed by atoms with van der Waals surface area (Å²) in [5.41, 5.74) is 5.45. The normalized spacial score (nSPS) is 10.4. The van der Waals surface area contributed by atoms with Gasteiger partial charge in [-0.05, 0) is 35.7 Å². The summed E-state index contributed by atoms with van der Waals surface area (Å²) in [7, 11) is 1.38. The zero-order valence-corrected chi connectivity index (χ0v) is 16.3. The van der Waals surface area contributed by atoms with Gasteiger partial charge in [-0.25, -0.2) is 4.79 Å². The van der Waals surface area contributed by atoms with Gasteiger partial charge in [-0.15, -0.1) is 5.92 Å².